The van der Waals surface area contributed by atoms with Crippen LogP contribution in [-0.4, -0.2) is 86.4 Å². The Kier molecular flexibility index (Phi) is 31.4. The molecule has 0 rings (SSSR count). The number of esters is 1. The number of Topliss-reactive ketones (excluding diaryl/α,β-unsaturated/α-hetero) is 2. The molecule has 1 unspecified atom stereocenters. The van der Waals surface area contributed by atoms with E-state index in [4.69, 9.17) is 24.1 Å². The normalized spacial score (nSPS) is 12.4. The van der Waals surface area contributed by atoms with E-state index in [1.54, 1.807) is 0 Å². The van der Waals surface area contributed by atoms with Crippen LogP contribution in [0.25, 0.3) is 0 Å². The molecule has 0 fully saturated rings. The Labute approximate surface area is 303 Å². The largest absolute Gasteiger partial charge is 0.481 e. The summed E-state index contributed by atoms with van der Waals surface area (Å²) in [5, 5.41) is 8.51. The predicted molar refractivity (Wildman–Crippen MR) is 199 cm³/mol. The van der Waals surface area contributed by atoms with Crippen LogP contribution in [0.4, 0.5) is 0 Å². The second-order valence-electron chi connectivity index (χ2n) is 14.6. The zero-order chi connectivity index (χ0) is 36.6. The van der Waals surface area contributed by atoms with Gasteiger partial charge in [0.15, 0.2) is 0 Å². The van der Waals surface area contributed by atoms with E-state index in [0.29, 0.717) is 82.3 Å². The Bertz CT molecular complexity index is 841. The number of rotatable bonds is 36. The van der Waals surface area contributed by atoms with Crippen molar-refractivity contribution in [2.24, 2.45) is 17.3 Å². The highest BCUT2D eigenvalue weighted by Crippen LogP contribution is 2.35. The van der Waals surface area contributed by atoms with Crippen molar-refractivity contribution in [3.8, 4) is 0 Å². The minimum absolute atomic E-state index is 0.0848. The number of carbonyl (C=O) groups excluding carboxylic acids is 3. The van der Waals surface area contributed by atoms with E-state index < -0.39 is 5.97 Å². The number of hydrogen-bond donors (Lipinski definition) is 1. The Balaban J connectivity index is 3.36. The van der Waals surface area contributed by atoms with Crippen LogP contribution >= 0.6 is 11.8 Å². The second-order valence-corrected chi connectivity index (χ2v) is 15.8. The number of ether oxygens (including phenoxy) is 4. The third-order valence-corrected chi connectivity index (χ3v) is 9.74. The van der Waals surface area contributed by atoms with E-state index >= 15 is 0 Å². The average Bonchev–Trinajstić information content (AvgIpc) is 3.03. The molecular weight excluding hydrogens is 644 g/mol. The molecule has 0 radical (unpaired) electrons. The highest BCUT2D eigenvalue weighted by molar-refractivity contribution is 7.99. The average molecular weight is 717 g/mol. The maximum Gasteiger partial charge on any atom is 0.306 e. The van der Waals surface area contributed by atoms with Crippen molar-refractivity contribution in [1.29, 1.82) is 0 Å². The van der Waals surface area contributed by atoms with Crippen LogP contribution in [-0.2, 0) is 38.1 Å². The van der Waals surface area contributed by atoms with Crippen LogP contribution in [0.5, 0.6) is 0 Å². The zero-order valence-electron chi connectivity index (χ0n) is 31.9. The minimum atomic E-state index is -0.983. The molecule has 49 heavy (non-hydrogen) atoms. The van der Waals surface area contributed by atoms with Gasteiger partial charge in [0.2, 0.25) is 0 Å². The summed E-state index contributed by atoms with van der Waals surface area (Å²) in [6, 6.07) is 0. The number of unbranched alkanes of at least 4 members (excludes halogenated alkanes) is 8. The van der Waals surface area contributed by atoms with Crippen molar-refractivity contribution in [1.82, 2.24) is 0 Å². The maximum atomic E-state index is 12.5. The van der Waals surface area contributed by atoms with E-state index in [1.165, 1.54) is 43.6 Å². The number of aliphatic carboxylic acids is 1. The summed E-state index contributed by atoms with van der Waals surface area (Å²) < 4.78 is 21.4. The number of thioether (sulfide) groups is 1. The topological polar surface area (TPSA) is 125 Å². The first-order valence-corrected chi connectivity index (χ1v) is 20.3. The summed E-state index contributed by atoms with van der Waals surface area (Å²) in [7, 11) is 0. The molecule has 0 aliphatic carbocycles. The molecule has 0 aromatic heterocycles. The Morgan fingerprint density at radius 3 is 1.53 bits per heavy atom. The lowest BCUT2D eigenvalue weighted by Crippen LogP contribution is -2.27. The minimum Gasteiger partial charge on any atom is -0.481 e. The fourth-order valence-electron chi connectivity index (χ4n) is 5.74. The fraction of sp³-hybridized carbons (Fsp3) is 0.897. The molecule has 1 N–H and O–H groups in total. The molecule has 1 atom stereocenters. The Morgan fingerprint density at radius 1 is 0.551 bits per heavy atom. The monoisotopic (exact) mass is 716 g/mol. The quantitative estimate of drug-likeness (QED) is 0.0496. The lowest BCUT2D eigenvalue weighted by Gasteiger charge is -2.33. The highest BCUT2D eigenvalue weighted by atomic mass is 32.2. The van der Waals surface area contributed by atoms with Crippen LogP contribution in [0, 0.1) is 17.3 Å². The smallest absolute Gasteiger partial charge is 0.306 e. The first-order valence-electron chi connectivity index (χ1n) is 19.1. The Morgan fingerprint density at radius 2 is 1.00 bits per heavy atom. The molecule has 10 heteroatoms. The molecule has 0 aromatic carbocycles. The van der Waals surface area contributed by atoms with Gasteiger partial charge in [-0.25, -0.2) is 0 Å². The van der Waals surface area contributed by atoms with Crippen molar-refractivity contribution >= 4 is 35.3 Å². The summed E-state index contributed by atoms with van der Waals surface area (Å²) in [5.41, 5.74) is 0.190. The molecule has 0 saturated carbocycles. The van der Waals surface area contributed by atoms with Crippen LogP contribution in [0.3, 0.4) is 0 Å². The van der Waals surface area contributed by atoms with Gasteiger partial charge in [-0.1, -0.05) is 60.3 Å². The number of hydrogen-bond acceptors (Lipinski definition) is 9. The number of carbonyl (C=O) groups is 4. The highest BCUT2D eigenvalue weighted by Gasteiger charge is 2.29. The van der Waals surface area contributed by atoms with E-state index in [0.717, 1.165) is 51.4 Å². The SMILES string of the molecule is CC(C)C(CC(=O)CCCCCCCSCCCCCC(=O)CCCCOCCOCCOCCCCC(=O)OCCC(=O)O)C(C)(C)C. The summed E-state index contributed by atoms with van der Waals surface area (Å²) >= 11 is 2.03. The van der Waals surface area contributed by atoms with Gasteiger partial charge in [0.25, 0.3) is 0 Å². The molecule has 9 nitrogen and oxygen atoms in total. The van der Waals surface area contributed by atoms with Crippen LogP contribution in [0.2, 0.25) is 0 Å². The molecule has 288 valence electrons. The lowest BCUT2D eigenvalue weighted by molar-refractivity contribution is -0.146. The maximum absolute atomic E-state index is 12.5. The van der Waals surface area contributed by atoms with Gasteiger partial charge >= 0.3 is 11.9 Å². The zero-order valence-corrected chi connectivity index (χ0v) is 32.7. The van der Waals surface area contributed by atoms with Gasteiger partial charge in [0.05, 0.1) is 32.8 Å². The third-order valence-electron chi connectivity index (χ3n) is 8.59. The van der Waals surface area contributed by atoms with Crippen molar-refractivity contribution in [3.63, 3.8) is 0 Å². The van der Waals surface area contributed by atoms with E-state index in [-0.39, 0.29) is 30.8 Å². The van der Waals surface area contributed by atoms with Gasteiger partial charge in [-0.15, -0.1) is 0 Å². The molecular formula is C39H72O9S. The van der Waals surface area contributed by atoms with Gasteiger partial charge in [0, 0.05) is 45.3 Å². The van der Waals surface area contributed by atoms with Gasteiger partial charge in [-0.3, -0.25) is 19.2 Å². The van der Waals surface area contributed by atoms with Crippen molar-refractivity contribution in [2.45, 2.75) is 150 Å². The summed E-state index contributed by atoms with van der Waals surface area (Å²) in [4.78, 5) is 46.4. The van der Waals surface area contributed by atoms with Gasteiger partial charge in [0.1, 0.15) is 18.2 Å². The number of carboxylic acids is 1. The second kappa shape index (κ2) is 32.4. The predicted octanol–water partition coefficient (Wildman–Crippen LogP) is 8.88. The van der Waals surface area contributed by atoms with Crippen molar-refractivity contribution < 1.29 is 43.2 Å². The van der Waals surface area contributed by atoms with Gasteiger partial charge in [-0.05, 0) is 80.1 Å². The molecule has 0 aliphatic heterocycles. The summed E-state index contributed by atoms with van der Waals surface area (Å²) in [6.45, 7) is 14.3. The molecule has 0 aliphatic rings. The number of ketones is 2. The van der Waals surface area contributed by atoms with E-state index in [1.807, 2.05) is 11.8 Å². The molecule has 0 aromatic rings. The lowest BCUT2D eigenvalue weighted by atomic mass is 9.71. The van der Waals surface area contributed by atoms with Crippen molar-refractivity contribution in [2.75, 3.05) is 57.8 Å². The molecule has 0 saturated heterocycles. The summed E-state index contributed by atoms with van der Waals surface area (Å²) in [6.07, 6.45) is 15.3. The van der Waals surface area contributed by atoms with E-state index in [2.05, 4.69) is 34.6 Å². The summed E-state index contributed by atoms with van der Waals surface area (Å²) in [5.74, 6) is 2.85. The molecule has 0 amide bonds. The molecule has 0 bridgehead atoms. The fourth-order valence-corrected chi connectivity index (χ4v) is 6.76. The Hall–Kier alpha value is -1.49. The van der Waals surface area contributed by atoms with E-state index in [9.17, 15) is 19.2 Å². The molecule has 0 spiro atoms. The van der Waals surface area contributed by atoms with Crippen LogP contribution < -0.4 is 0 Å². The first kappa shape index (κ1) is 47.5. The van der Waals surface area contributed by atoms with Gasteiger partial charge in [-0.2, -0.15) is 11.8 Å². The first-order chi connectivity index (χ1) is 23.4. The van der Waals surface area contributed by atoms with Crippen LogP contribution in [0.1, 0.15) is 150 Å². The molecule has 0 heterocycles. The third kappa shape index (κ3) is 33.4. The standard InChI is InChI=1S/C39H72O9S/c1-33(2)36(39(3,4)5)32-35(41)20-10-7-6-8-16-30-49-31-17-9-11-18-34(40)19-12-14-23-45-26-28-47-29-27-46-24-15-13-21-38(44)48-25-22-37(42)43/h33,36H,6-32H2,1-5H3,(H,42,43). The van der Waals surface area contributed by atoms with Gasteiger partial charge < -0.3 is 24.1 Å². The van der Waals surface area contributed by atoms with Crippen molar-refractivity contribution in [3.05, 3.63) is 0 Å². The van der Waals surface area contributed by atoms with Crippen LogP contribution in [0.15, 0.2) is 0 Å². The number of carboxylic acid groups (broad SMARTS) is 1.